The van der Waals surface area contributed by atoms with Gasteiger partial charge in [0.2, 0.25) is 5.79 Å². The normalized spacial score (nSPS) is 18.9. The molecule has 0 N–H and O–H groups in total. The van der Waals surface area contributed by atoms with E-state index in [9.17, 15) is 4.79 Å². The van der Waals surface area contributed by atoms with Gasteiger partial charge in [0.1, 0.15) is 44.0 Å². The average molecular weight is 762 g/mol. The Balaban J connectivity index is 0.886. The van der Waals surface area contributed by atoms with Gasteiger partial charge < -0.3 is 24.0 Å². The third-order valence-corrected chi connectivity index (χ3v) is 10.5. The Morgan fingerprint density at radius 3 is 2.19 bits per heavy atom. The molecule has 0 radical (unpaired) electrons. The van der Waals surface area contributed by atoms with E-state index in [0.717, 1.165) is 61.8 Å². The molecule has 4 heterocycles. The molecule has 2 aliphatic rings. The topological polar surface area (TPSA) is 105 Å². The fourth-order valence-electron chi connectivity index (χ4n) is 6.98. The van der Waals surface area contributed by atoms with Crippen LogP contribution >= 0.6 is 23.2 Å². The number of rotatable bonds is 16. The quantitative estimate of drug-likeness (QED) is 0.0987. The predicted molar refractivity (Wildman–Crippen MR) is 207 cm³/mol. The van der Waals surface area contributed by atoms with Gasteiger partial charge in [-0.15, -0.1) is 0 Å². The Morgan fingerprint density at radius 2 is 1.51 bits per heavy atom. The minimum atomic E-state index is -1.16. The number of aromatic nitrogens is 6. The Labute approximate surface area is 319 Å². The first-order valence-electron chi connectivity index (χ1n) is 18.5. The molecular weight excluding hydrogens is 715 g/mol. The van der Waals surface area contributed by atoms with E-state index in [0.29, 0.717) is 35.4 Å². The first-order valence-corrected chi connectivity index (χ1v) is 19.2. The molecule has 2 atom stereocenters. The summed E-state index contributed by atoms with van der Waals surface area (Å²) in [5.74, 6) is -0.408. The van der Waals surface area contributed by atoms with E-state index >= 15 is 0 Å². The zero-order chi connectivity index (χ0) is 36.6. The number of aryl methyl sites for hydroxylation is 1. The molecule has 0 saturated carbocycles. The first kappa shape index (κ1) is 37.0. The number of benzene rings is 3. The van der Waals surface area contributed by atoms with Crippen LogP contribution in [-0.2, 0) is 28.4 Å². The van der Waals surface area contributed by atoms with Crippen molar-refractivity contribution in [3.8, 4) is 11.4 Å². The molecule has 0 bridgehead atoms. The van der Waals surface area contributed by atoms with Crippen LogP contribution in [0.1, 0.15) is 51.0 Å². The standard InChI is InChI=1S/C39H46Cl2N8O4/c1-2-3-4-5-6-7-18-49-38(50)48(29-44-49)33-11-9-31(10-12-33)45-19-21-46(22-20-45)32-13-15-34(16-14-32)51-24-35-25-52-39(53-35,26-47-28-42-27-43-47)36-17-8-30(40)23-37(36)41/h8-17,23,27-29,35H,2-7,18-22,24-26H2,1H3/t35-,39-/m1/s1. The minimum Gasteiger partial charge on any atom is -0.491 e. The van der Waals surface area contributed by atoms with Crippen LogP contribution in [0.2, 0.25) is 10.0 Å². The number of hydrogen-bond donors (Lipinski definition) is 0. The van der Waals surface area contributed by atoms with Crippen molar-refractivity contribution in [2.75, 3.05) is 49.2 Å². The molecule has 2 aromatic heterocycles. The van der Waals surface area contributed by atoms with Gasteiger partial charge in [0.05, 0.1) is 17.3 Å². The lowest BCUT2D eigenvalue weighted by Crippen LogP contribution is -2.46. The van der Waals surface area contributed by atoms with Crippen molar-refractivity contribution >= 4 is 34.6 Å². The number of hydrogen-bond acceptors (Lipinski definition) is 9. The number of nitrogens with zero attached hydrogens (tertiary/aromatic N) is 8. The summed E-state index contributed by atoms with van der Waals surface area (Å²) in [5, 5.41) is 9.58. The van der Waals surface area contributed by atoms with Crippen molar-refractivity contribution in [1.29, 1.82) is 0 Å². The van der Waals surface area contributed by atoms with E-state index in [1.807, 2.05) is 30.3 Å². The summed E-state index contributed by atoms with van der Waals surface area (Å²) in [5.41, 5.74) is 3.71. The van der Waals surface area contributed by atoms with Gasteiger partial charge in [0.25, 0.3) is 0 Å². The molecule has 2 fully saturated rings. The van der Waals surface area contributed by atoms with Gasteiger partial charge in [0, 0.05) is 54.7 Å². The van der Waals surface area contributed by atoms with Crippen LogP contribution in [0.15, 0.2) is 90.5 Å². The SMILES string of the molecule is CCCCCCCCn1ncn(-c2ccc(N3CCN(c4ccc(OC[C@@H]5CO[C@@](Cn6cncn6)(c6ccc(Cl)cc6Cl)O5)cc4)CC3)cc2)c1=O. The fraction of sp³-hybridized carbons (Fsp3) is 0.436. The van der Waals surface area contributed by atoms with Crippen LogP contribution in [0, 0.1) is 0 Å². The summed E-state index contributed by atoms with van der Waals surface area (Å²) >= 11 is 12.8. The molecule has 12 nitrogen and oxygen atoms in total. The van der Waals surface area contributed by atoms with E-state index in [2.05, 4.69) is 56.2 Å². The molecule has 3 aromatic carbocycles. The van der Waals surface area contributed by atoms with Crippen LogP contribution in [0.3, 0.4) is 0 Å². The van der Waals surface area contributed by atoms with E-state index in [1.54, 1.807) is 38.7 Å². The Bertz CT molecular complexity index is 1960. The van der Waals surface area contributed by atoms with Gasteiger partial charge in [-0.2, -0.15) is 10.2 Å². The summed E-state index contributed by atoms with van der Waals surface area (Å²) in [6, 6.07) is 21.6. The zero-order valence-electron chi connectivity index (χ0n) is 30.0. The zero-order valence-corrected chi connectivity index (χ0v) is 31.5. The van der Waals surface area contributed by atoms with E-state index < -0.39 is 5.79 Å². The minimum absolute atomic E-state index is 0.0851. The lowest BCUT2D eigenvalue weighted by Gasteiger charge is -2.37. The second-order valence-electron chi connectivity index (χ2n) is 13.6. The van der Waals surface area contributed by atoms with Crippen molar-refractivity contribution < 1.29 is 14.2 Å². The highest BCUT2D eigenvalue weighted by Crippen LogP contribution is 2.40. The second kappa shape index (κ2) is 17.2. The molecule has 2 saturated heterocycles. The third-order valence-electron chi connectivity index (χ3n) is 9.90. The van der Waals surface area contributed by atoms with Gasteiger partial charge >= 0.3 is 5.69 Å². The van der Waals surface area contributed by atoms with E-state index in [4.69, 9.17) is 37.4 Å². The van der Waals surface area contributed by atoms with Crippen molar-refractivity contribution in [2.24, 2.45) is 0 Å². The van der Waals surface area contributed by atoms with Crippen LogP contribution < -0.4 is 20.2 Å². The number of ether oxygens (including phenoxy) is 3. The van der Waals surface area contributed by atoms with Crippen LogP contribution in [0.25, 0.3) is 5.69 Å². The molecule has 0 aliphatic carbocycles. The summed E-state index contributed by atoms with van der Waals surface area (Å²) in [6.07, 6.45) is 11.5. The van der Waals surface area contributed by atoms with Crippen LogP contribution in [0.4, 0.5) is 11.4 Å². The molecule has 0 spiro atoms. The smallest absolute Gasteiger partial charge is 0.350 e. The molecular formula is C39H46Cl2N8O4. The summed E-state index contributed by atoms with van der Waals surface area (Å²) in [4.78, 5) is 21.8. The van der Waals surface area contributed by atoms with E-state index in [-0.39, 0.29) is 18.3 Å². The Morgan fingerprint density at radius 1 is 0.830 bits per heavy atom. The molecule has 2 aliphatic heterocycles. The maximum atomic E-state index is 13.0. The molecule has 0 unspecified atom stereocenters. The Kier molecular flexibility index (Phi) is 12.0. The molecule has 5 aromatic rings. The highest BCUT2D eigenvalue weighted by molar-refractivity contribution is 6.35. The summed E-state index contributed by atoms with van der Waals surface area (Å²) in [6.45, 7) is 7.33. The van der Waals surface area contributed by atoms with Crippen molar-refractivity contribution in [3.05, 3.63) is 112 Å². The third kappa shape index (κ3) is 8.89. The van der Waals surface area contributed by atoms with Crippen LogP contribution in [-0.4, -0.2) is 74.6 Å². The fourth-order valence-corrected chi connectivity index (χ4v) is 7.53. The maximum absolute atomic E-state index is 13.0. The van der Waals surface area contributed by atoms with Crippen LogP contribution in [0.5, 0.6) is 5.75 Å². The number of piperazine rings is 1. The molecule has 53 heavy (non-hydrogen) atoms. The first-order chi connectivity index (χ1) is 25.9. The van der Waals surface area contributed by atoms with Crippen molar-refractivity contribution in [1.82, 2.24) is 29.1 Å². The summed E-state index contributed by atoms with van der Waals surface area (Å²) in [7, 11) is 0. The lowest BCUT2D eigenvalue weighted by molar-refractivity contribution is -0.190. The number of anilines is 2. The van der Waals surface area contributed by atoms with Crippen molar-refractivity contribution in [3.63, 3.8) is 0 Å². The highest BCUT2D eigenvalue weighted by Gasteiger charge is 2.45. The average Bonchev–Trinajstić information content (AvgIpc) is 3.94. The summed E-state index contributed by atoms with van der Waals surface area (Å²) < 4.78 is 23.8. The monoisotopic (exact) mass is 760 g/mol. The van der Waals surface area contributed by atoms with E-state index in [1.165, 1.54) is 32.0 Å². The maximum Gasteiger partial charge on any atom is 0.350 e. The van der Waals surface area contributed by atoms with Crippen molar-refractivity contribution in [2.45, 2.75) is 70.4 Å². The second-order valence-corrected chi connectivity index (χ2v) is 14.4. The molecule has 7 rings (SSSR count). The van der Waals surface area contributed by atoms with Gasteiger partial charge in [-0.1, -0.05) is 68.3 Å². The number of halogens is 2. The number of unbranched alkanes of at least 4 members (excludes halogenated alkanes) is 5. The largest absolute Gasteiger partial charge is 0.491 e. The molecule has 280 valence electrons. The Hall–Kier alpha value is -4.36. The predicted octanol–water partition coefficient (Wildman–Crippen LogP) is 6.97. The van der Waals surface area contributed by atoms with Gasteiger partial charge in [0.15, 0.2) is 0 Å². The van der Waals surface area contributed by atoms with Gasteiger partial charge in [-0.25, -0.2) is 23.7 Å². The highest BCUT2D eigenvalue weighted by atomic mass is 35.5. The van der Waals surface area contributed by atoms with Gasteiger partial charge in [-0.05, 0) is 67.1 Å². The lowest BCUT2D eigenvalue weighted by atomic mass is 10.1. The van der Waals surface area contributed by atoms with Gasteiger partial charge in [-0.3, -0.25) is 0 Å². The molecule has 14 heteroatoms. The molecule has 0 amide bonds.